The average Bonchev–Trinajstić information content (AvgIpc) is 3.10. The molecule has 0 aliphatic carbocycles. The Balaban J connectivity index is 1.69. The Labute approximate surface area is 114 Å². The summed E-state index contributed by atoms with van der Waals surface area (Å²) >= 11 is 0. The molecular weight excluding hydrogens is 258 g/mol. The summed E-state index contributed by atoms with van der Waals surface area (Å²) in [5.41, 5.74) is 0.794. The van der Waals surface area contributed by atoms with Crippen LogP contribution in [-0.4, -0.2) is 35.3 Å². The molecule has 0 aromatic carbocycles. The van der Waals surface area contributed by atoms with Gasteiger partial charge in [-0.15, -0.1) is 5.10 Å². The SMILES string of the molecule is CCn1ccc(CNC(=O)c2nc3ncccn3n2)n1. The number of hydrogen-bond acceptors (Lipinski definition) is 5. The largest absolute Gasteiger partial charge is 0.344 e. The second-order valence-corrected chi connectivity index (χ2v) is 4.15. The van der Waals surface area contributed by atoms with Gasteiger partial charge in [-0.05, 0) is 19.1 Å². The minimum absolute atomic E-state index is 0.0959. The molecule has 0 saturated heterocycles. The molecule has 3 aromatic heterocycles. The number of nitrogens with one attached hydrogen (secondary N) is 1. The zero-order valence-corrected chi connectivity index (χ0v) is 10.9. The quantitative estimate of drug-likeness (QED) is 0.735. The lowest BCUT2D eigenvalue weighted by molar-refractivity contribution is 0.0940. The van der Waals surface area contributed by atoms with Gasteiger partial charge in [0.05, 0.1) is 12.2 Å². The Morgan fingerprint density at radius 1 is 1.35 bits per heavy atom. The van der Waals surface area contributed by atoms with Crippen LogP contribution in [0.5, 0.6) is 0 Å². The third kappa shape index (κ3) is 2.35. The highest BCUT2D eigenvalue weighted by molar-refractivity contribution is 5.90. The van der Waals surface area contributed by atoms with Crippen LogP contribution in [0.2, 0.25) is 0 Å². The maximum Gasteiger partial charge on any atom is 0.291 e. The smallest absolute Gasteiger partial charge is 0.291 e. The number of hydrogen-bond donors (Lipinski definition) is 1. The van der Waals surface area contributed by atoms with Crippen LogP contribution in [0, 0.1) is 0 Å². The van der Waals surface area contributed by atoms with Gasteiger partial charge in [-0.2, -0.15) is 10.1 Å². The van der Waals surface area contributed by atoms with Gasteiger partial charge in [-0.3, -0.25) is 9.48 Å². The minimum Gasteiger partial charge on any atom is -0.344 e. The zero-order valence-electron chi connectivity index (χ0n) is 10.9. The van der Waals surface area contributed by atoms with Crippen LogP contribution in [0.3, 0.4) is 0 Å². The molecule has 0 fully saturated rings. The highest BCUT2D eigenvalue weighted by Gasteiger charge is 2.13. The van der Waals surface area contributed by atoms with Gasteiger partial charge < -0.3 is 5.32 Å². The Hall–Kier alpha value is -2.77. The molecule has 1 N–H and O–H groups in total. The lowest BCUT2D eigenvalue weighted by Gasteiger charge is -1.99. The predicted molar refractivity (Wildman–Crippen MR) is 69.9 cm³/mol. The van der Waals surface area contributed by atoms with Crippen molar-refractivity contribution in [2.45, 2.75) is 20.0 Å². The first-order valence-electron chi connectivity index (χ1n) is 6.24. The third-order valence-corrected chi connectivity index (χ3v) is 2.77. The molecule has 8 heteroatoms. The van der Waals surface area contributed by atoms with Crippen molar-refractivity contribution in [1.82, 2.24) is 34.7 Å². The normalized spacial score (nSPS) is 10.8. The topological polar surface area (TPSA) is 90.0 Å². The van der Waals surface area contributed by atoms with Crippen molar-refractivity contribution >= 4 is 11.7 Å². The Bertz CT molecular complexity index is 712. The van der Waals surface area contributed by atoms with E-state index in [0.29, 0.717) is 12.3 Å². The van der Waals surface area contributed by atoms with Gasteiger partial charge in [-0.25, -0.2) is 9.50 Å². The molecule has 8 nitrogen and oxygen atoms in total. The summed E-state index contributed by atoms with van der Waals surface area (Å²) in [5, 5.41) is 11.1. The van der Waals surface area contributed by atoms with Crippen molar-refractivity contribution < 1.29 is 4.79 Å². The summed E-state index contributed by atoms with van der Waals surface area (Å²) in [7, 11) is 0. The second-order valence-electron chi connectivity index (χ2n) is 4.15. The lowest BCUT2D eigenvalue weighted by atomic mass is 10.4. The Morgan fingerprint density at radius 3 is 3.00 bits per heavy atom. The molecule has 102 valence electrons. The molecule has 0 bridgehead atoms. The minimum atomic E-state index is -0.346. The number of carbonyl (C=O) groups is 1. The van der Waals surface area contributed by atoms with Crippen molar-refractivity contribution in [2.75, 3.05) is 0 Å². The van der Waals surface area contributed by atoms with Gasteiger partial charge in [0.25, 0.3) is 11.7 Å². The summed E-state index contributed by atoms with van der Waals surface area (Å²) in [6, 6.07) is 3.59. The second kappa shape index (κ2) is 5.08. The van der Waals surface area contributed by atoms with Crippen LogP contribution in [0.1, 0.15) is 23.2 Å². The van der Waals surface area contributed by atoms with Crippen molar-refractivity contribution in [3.8, 4) is 0 Å². The van der Waals surface area contributed by atoms with E-state index in [1.54, 1.807) is 23.1 Å². The van der Waals surface area contributed by atoms with E-state index < -0.39 is 0 Å². The molecule has 0 atom stereocenters. The summed E-state index contributed by atoms with van der Waals surface area (Å²) in [5.74, 6) is 0.146. The summed E-state index contributed by atoms with van der Waals surface area (Å²) in [4.78, 5) is 20.0. The van der Waals surface area contributed by atoms with Crippen molar-refractivity contribution in [3.63, 3.8) is 0 Å². The fraction of sp³-hybridized carbons (Fsp3) is 0.250. The van der Waals surface area contributed by atoms with Gasteiger partial charge >= 0.3 is 0 Å². The molecule has 0 unspecified atom stereocenters. The van der Waals surface area contributed by atoms with E-state index in [2.05, 4.69) is 25.5 Å². The van der Waals surface area contributed by atoms with E-state index in [4.69, 9.17) is 0 Å². The fourth-order valence-corrected chi connectivity index (χ4v) is 1.75. The molecule has 20 heavy (non-hydrogen) atoms. The number of rotatable bonds is 4. The molecule has 0 spiro atoms. The van der Waals surface area contributed by atoms with E-state index in [-0.39, 0.29) is 11.7 Å². The van der Waals surface area contributed by atoms with Gasteiger partial charge in [-0.1, -0.05) is 0 Å². The first-order chi connectivity index (χ1) is 9.76. The summed E-state index contributed by atoms with van der Waals surface area (Å²) in [6.07, 6.45) is 5.16. The van der Waals surface area contributed by atoms with E-state index in [1.807, 2.05) is 19.2 Å². The Kier molecular flexibility index (Phi) is 3.12. The summed E-state index contributed by atoms with van der Waals surface area (Å²) < 4.78 is 3.26. The van der Waals surface area contributed by atoms with Crippen molar-refractivity contribution in [1.29, 1.82) is 0 Å². The van der Waals surface area contributed by atoms with Crippen LogP contribution in [-0.2, 0) is 13.1 Å². The van der Waals surface area contributed by atoms with Gasteiger partial charge in [0.1, 0.15) is 0 Å². The standard InChI is InChI=1S/C12H13N7O/c1-2-18-7-4-9(16-18)8-14-11(20)10-15-12-13-5-3-6-19(12)17-10/h3-7H,2,8H2,1H3,(H,14,20). The molecule has 0 saturated carbocycles. The number of carbonyl (C=O) groups excluding carboxylic acids is 1. The summed E-state index contributed by atoms with van der Waals surface area (Å²) in [6.45, 7) is 3.14. The maximum absolute atomic E-state index is 12.0. The average molecular weight is 271 g/mol. The maximum atomic E-state index is 12.0. The highest BCUT2D eigenvalue weighted by Crippen LogP contribution is 1.99. The molecular formula is C12H13N7O. The molecule has 3 heterocycles. The number of fused-ring (bicyclic) bond motifs is 1. The van der Waals surface area contributed by atoms with Crippen LogP contribution in [0.15, 0.2) is 30.7 Å². The number of amides is 1. The first-order valence-corrected chi connectivity index (χ1v) is 6.24. The molecule has 3 rings (SSSR count). The molecule has 3 aromatic rings. The number of aryl methyl sites for hydroxylation is 1. The lowest BCUT2D eigenvalue weighted by Crippen LogP contribution is -2.24. The number of nitrogens with zero attached hydrogens (tertiary/aromatic N) is 6. The van der Waals surface area contributed by atoms with E-state index in [9.17, 15) is 4.79 Å². The van der Waals surface area contributed by atoms with E-state index in [0.717, 1.165) is 12.2 Å². The first kappa shape index (κ1) is 12.3. The number of aromatic nitrogens is 6. The molecule has 0 radical (unpaired) electrons. The third-order valence-electron chi connectivity index (χ3n) is 2.77. The van der Waals surface area contributed by atoms with Gasteiger partial charge in [0, 0.05) is 25.1 Å². The van der Waals surface area contributed by atoms with Crippen LogP contribution >= 0.6 is 0 Å². The zero-order chi connectivity index (χ0) is 13.9. The van der Waals surface area contributed by atoms with Crippen LogP contribution < -0.4 is 5.32 Å². The predicted octanol–water partition coefficient (Wildman–Crippen LogP) is 0.271. The van der Waals surface area contributed by atoms with Crippen molar-refractivity contribution in [2.24, 2.45) is 0 Å². The molecule has 1 amide bonds. The van der Waals surface area contributed by atoms with Crippen molar-refractivity contribution in [3.05, 3.63) is 42.2 Å². The Morgan fingerprint density at radius 2 is 2.25 bits per heavy atom. The van der Waals surface area contributed by atoms with Crippen LogP contribution in [0.4, 0.5) is 0 Å². The van der Waals surface area contributed by atoms with Gasteiger partial charge in [0.15, 0.2) is 0 Å². The molecule has 0 aliphatic rings. The fourth-order valence-electron chi connectivity index (χ4n) is 1.75. The highest BCUT2D eigenvalue weighted by atomic mass is 16.2. The van der Waals surface area contributed by atoms with E-state index >= 15 is 0 Å². The monoisotopic (exact) mass is 271 g/mol. The van der Waals surface area contributed by atoms with Gasteiger partial charge in [0.2, 0.25) is 5.82 Å². The molecule has 0 aliphatic heterocycles. The van der Waals surface area contributed by atoms with Crippen LogP contribution in [0.25, 0.3) is 5.78 Å². The van der Waals surface area contributed by atoms with E-state index in [1.165, 1.54) is 4.52 Å².